The fourth-order valence-electron chi connectivity index (χ4n) is 2.00. The second-order valence-electron chi connectivity index (χ2n) is 7.01. The van der Waals surface area contributed by atoms with Gasteiger partial charge in [-0.3, -0.25) is 0 Å². The third-order valence-corrected chi connectivity index (χ3v) is 8.74. The molecule has 0 bridgehead atoms. The average Bonchev–Trinajstić information content (AvgIpc) is 2.39. The predicted molar refractivity (Wildman–Crippen MR) is 85.8 cm³/mol. The standard InChI is InChI=1S/C16H27NO2Si/c1-16(2,3)20(4,5)19-14-8-6-13(7-9-14)15-12-18-11-10-17-15/h6-9,15,17H,10-12H2,1-5H3. The van der Waals surface area contributed by atoms with Gasteiger partial charge in [-0.1, -0.05) is 32.9 Å². The highest BCUT2D eigenvalue weighted by Crippen LogP contribution is 2.37. The zero-order valence-corrected chi connectivity index (χ0v) is 14.3. The molecule has 0 amide bonds. The molecule has 1 N–H and O–H groups in total. The highest BCUT2D eigenvalue weighted by molar-refractivity contribution is 6.74. The highest BCUT2D eigenvalue weighted by Gasteiger charge is 2.38. The van der Waals surface area contributed by atoms with Crippen molar-refractivity contribution in [1.29, 1.82) is 0 Å². The van der Waals surface area contributed by atoms with Crippen LogP contribution >= 0.6 is 0 Å². The maximum absolute atomic E-state index is 6.30. The molecular formula is C16H27NO2Si. The van der Waals surface area contributed by atoms with Crippen LogP contribution in [0.4, 0.5) is 0 Å². The van der Waals surface area contributed by atoms with Crippen molar-refractivity contribution in [2.75, 3.05) is 19.8 Å². The van der Waals surface area contributed by atoms with E-state index in [4.69, 9.17) is 9.16 Å². The van der Waals surface area contributed by atoms with Crippen molar-refractivity contribution in [2.24, 2.45) is 0 Å². The van der Waals surface area contributed by atoms with E-state index in [1.54, 1.807) is 0 Å². The first kappa shape index (κ1) is 15.5. The van der Waals surface area contributed by atoms with Crippen LogP contribution in [0.25, 0.3) is 0 Å². The van der Waals surface area contributed by atoms with Crippen molar-refractivity contribution < 1.29 is 9.16 Å². The Kier molecular flexibility index (Phi) is 4.57. The molecule has 3 nitrogen and oxygen atoms in total. The monoisotopic (exact) mass is 293 g/mol. The van der Waals surface area contributed by atoms with E-state index in [9.17, 15) is 0 Å². The fraction of sp³-hybridized carbons (Fsp3) is 0.625. The second-order valence-corrected chi connectivity index (χ2v) is 11.7. The second kappa shape index (κ2) is 5.88. The van der Waals surface area contributed by atoms with E-state index in [1.807, 2.05) is 0 Å². The smallest absolute Gasteiger partial charge is 0.250 e. The summed E-state index contributed by atoms with van der Waals surface area (Å²) in [4.78, 5) is 0. The van der Waals surface area contributed by atoms with Gasteiger partial charge in [0.15, 0.2) is 0 Å². The van der Waals surface area contributed by atoms with Gasteiger partial charge >= 0.3 is 0 Å². The Morgan fingerprint density at radius 3 is 2.35 bits per heavy atom. The number of morpholine rings is 1. The first-order chi connectivity index (χ1) is 9.29. The van der Waals surface area contributed by atoms with Crippen molar-refractivity contribution >= 4 is 8.32 Å². The van der Waals surface area contributed by atoms with E-state index < -0.39 is 8.32 Å². The van der Waals surface area contributed by atoms with E-state index in [0.717, 1.165) is 25.5 Å². The molecule has 1 aliphatic rings. The minimum absolute atomic E-state index is 0.227. The normalized spacial score (nSPS) is 20.8. The van der Waals surface area contributed by atoms with Gasteiger partial charge in [-0.2, -0.15) is 0 Å². The predicted octanol–water partition coefficient (Wildman–Crippen LogP) is 3.73. The van der Waals surface area contributed by atoms with E-state index >= 15 is 0 Å². The number of rotatable bonds is 3. The molecule has 1 fully saturated rings. The highest BCUT2D eigenvalue weighted by atomic mass is 28.4. The van der Waals surface area contributed by atoms with Gasteiger partial charge in [0.05, 0.1) is 19.3 Å². The summed E-state index contributed by atoms with van der Waals surface area (Å²) in [6.45, 7) is 13.8. The van der Waals surface area contributed by atoms with Crippen LogP contribution in [0.3, 0.4) is 0 Å². The summed E-state index contributed by atoms with van der Waals surface area (Å²) in [7, 11) is -1.74. The summed E-state index contributed by atoms with van der Waals surface area (Å²) in [5.74, 6) is 0.983. The molecule has 1 unspecified atom stereocenters. The first-order valence-electron chi connectivity index (χ1n) is 7.40. The van der Waals surface area contributed by atoms with Crippen LogP contribution in [0.5, 0.6) is 5.75 Å². The molecule has 1 heterocycles. The topological polar surface area (TPSA) is 30.5 Å². The molecule has 1 atom stereocenters. The van der Waals surface area contributed by atoms with Crippen LogP contribution in [0.2, 0.25) is 18.1 Å². The number of hydrogen-bond acceptors (Lipinski definition) is 3. The summed E-state index contributed by atoms with van der Waals surface area (Å²) in [5.41, 5.74) is 1.27. The summed E-state index contributed by atoms with van der Waals surface area (Å²) in [6.07, 6.45) is 0. The number of benzene rings is 1. The van der Waals surface area contributed by atoms with E-state index in [-0.39, 0.29) is 5.04 Å². The molecule has 0 aromatic heterocycles. The summed E-state index contributed by atoms with van der Waals surface area (Å²) in [5, 5.41) is 3.70. The Balaban J connectivity index is 2.05. The molecule has 112 valence electrons. The van der Waals surface area contributed by atoms with E-state index in [2.05, 4.69) is 63.4 Å². The van der Waals surface area contributed by atoms with Crippen molar-refractivity contribution in [3.63, 3.8) is 0 Å². The zero-order valence-electron chi connectivity index (χ0n) is 13.3. The van der Waals surface area contributed by atoms with Crippen molar-refractivity contribution in [3.05, 3.63) is 29.8 Å². The van der Waals surface area contributed by atoms with Crippen LogP contribution in [0.1, 0.15) is 32.4 Å². The zero-order chi connectivity index (χ0) is 14.8. The minimum Gasteiger partial charge on any atom is -0.544 e. The Hall–Kier alpha value is -0.843. The molecule has 1 aromatic rings. The van der Waals surface area contributed by atoms with Gasteiger partial charge in [-0.15, -0.1) is 0 Å². The fourth-order valence-corrected chi connectivity index (χ4v) is 3.03. The first-order valence-corrected chi connectivity index (χ1v) is 10.3. The Morgan fingerprint density at radius 2 is 1.85 bits per heavy atom. The Morgan fingerprint density at radius 1 is 1.20 bits per heavy atom. The van der Waals surface area contributed by atoms with Gasteiger partial charge in [-0.05, 0) is 35.8 Å². The van der Waals surface area contributed by atoms with Crippen LogP contribution in [0, 0.1) is 0 Å². The lowest BCUT2D eigenvalue weighted by molar-refractivity contribution is 0.0769. The lowest BCUT2D eigenvalue weighted by Gasteiger charge is -2.36. The number of hydrogen-bond donors (Lipinski definition) is 1. The van der Waals surface area contributed by atoms with Gasteiger partial charge in [0, 0.05) is 6.54 Å². The summed E-state index contributed by atoms with van der Waals surface area (Å²) >= 11 is 0. The van der Waals surface area contributed by atoms with Crippen molar-refractivity contribution in [1.82, 2.24) is 5.32 Å². The third kappa shape index (κ3) is 3.62. The van der Waals surface area contributed by atoms with Crippen LogP contribution in [-0.2, 0) is 4.74 Å². The maximum Gasteiger partial charge on any atom is 0.250 e. The SMILES string of the molecule is CC(C)(C)[Si](C)(C)Oc1ccc(C2COCCN2)cc1. The van der Waals surface area contributed by atoms with Gasteiger partial charge in [0.2, 0.25) is 8.32 Å². The Bertz CT molecular complexity index is 431. The molecule has 1 aromatic carbocycles. The number of ether oxygens (including phenoxy) is 1. The van der Waals surface area contributed by atoms with Gasteiger partial charge < -0.3 is 14.5 Å². The lowest BCUT2D eigenvalue weighted by atomic mass is 10.1. The molecule has 1 aliphatic heterocycles. The summed E-state index contributed by atoms with van der Waals surface area (Å²) in [6, 6.07) is 8.78. The molecular weight excluding hydrogens is 266 g/mol. The summed E-state index contributed by atoms with van der Waals surface area (Å²) < 4.78 is 11.8. The maximum atomic E-state index is 6.30. The lowest BCUT2D eigenvalue weighted by Crippen LogP contribution is -2.43. The van der Waals surface area contributed by atoms with Gasteiger partial charge in [-0.25, -0.2) is 0 Å². The molecule has 0 aliphatic carbocycles. The average molecular weight is 293 g/mol. The van der Waals surface area contributed by atoms with E-state index in [1.165, 1.54) is 5.56 Å². The van der Waals surface area contributed by atoms with Crippen LogP contribution in [0.15, 0.2) is 24.3 Å². The molecule has 0 radical (unpaired) electrons. The van der Waals surface area contributed by atoms with Gasteiger partial charge in [0.1, 0.15) is 5.75 Å². The minimum atomic E-state index is -1.74. The molecule has 0 spiro atoms. The van der Waals surface area contributed by atoms with E-state index in [0.29, 0.717) is 6.04 Å². The molecule has 1 saturated heterocycles. The van der Waals surface area contributed by atoms with Crippen molar-refractivity contribution in [3.8, 4) is 5.75 Å². The van der Waals surface area contributed by atoms with Gasteiger partial charge in [0.25, 0.3) is 0 Å². The quantitative estimate of drug-likeness (QED) is 0.861. The molecule has 2 rings (SSSR count). The molecule has 20 heavy (non-hydrogen) atoms. The third-order valence-electron chi connectivity index (χ3n) is 4.38. The number of nitrogens with one attached hydrogen (secondary N) is 1. The van der Waals surface area contributed by atoms with Crippen molar-refractivity contribution in [2.45, 2.75) is 44.9 Å². The van der Waals surface area contributed by atoms with Crippen LogP contribution in [-0.4, -0.2) is 28.1 Å². The van der Waals surface area contributed by atoms with Crippen LogP contribution < -0.4 is 9.74 Å². The Labute approximate surface area is 123 Å². The molecule has 4 heteroatoms. The molecule has 0 saturated carbocycles. The largest absolute Gasteiger partial charge is 0.544 e.